The first-order valence-electron chi connectivity index (χ1n) is 7.10. The average molecular weight is 267 g/mol. The number of nitrogens with one attached hydrogen (secondary N) is 1. The zero-order valence-corrected chi connectivity index (χ0v) is 12.5. The highest BCUT2D eigenvalue weighted by atomic mass is 32.1. The molecule has 2 unspecified atom stereocenters. The predicted octanol–water partition coefficient (Wildman–Crippen LogP) is 3.06. The zero-order chi connectivity index (χ0) is 13.0. The summed E-state index contributed by atoms with van der Waals surface area (Å²) in [5.74, 6) is 0. The molecular weight excluding hydrogens is 242 g/mol. The van der Waals surface area contributed by atoms with Gasteiger partial charge in [-0.1, -0.05) is 20.8 Å². The lowest BCUT2D eigenvalue weighted by Gasteiger charge is -2.38. The molecule has 1 saturated heterocycles. The molecule has 1 N–H and O–H groups in total. The van der Waals surface area contributed by atoms with Gasteiger partial charge in [-0.2, -0.15) is 0 Å². The summed E-state index contributed by atoms with van der Waals surface area (Å²) < 4.78 is 0. The monoisotopic (exact) mass is 267 g/mol. The minimum atomic E-state index is 0.516. The van der Waals surface area contributed by atoms with E-state index >= 15 is 0 Å². The number of aromatic nitrogens is 1. The fraction of sp³-hybridized carbons (Fsp3) is 0.786. The van der Waals surface area contributed by atoms with E-state index in [1.165, 1.54) is 24.4 Å². The van der Waals surface area contributed by atoms with Crippen molar-refractivity contribution >= 4 is 11.3 Å². The molecule has 0 amide bonds. The van der Waals surface area contributed by atoms with Gasteiger partial charge in [0.05, 0.1) is 6.04 Å². The molecule has 3 nitrogen and oxygen atoms in total. The number of hydrogen-bond donors (Lipinski definition) is 1. The van der Waals surface area contributed by atoms with Crippen LogP contribution in [0.3, 0.4) is 0 Å². The van der Waals surface area contributed by atoms with Crippen LogP contribution in [0, 0.1) is 0 Å². The lowest BCUT2D eigenvalue weighted by atomic mass is 10.0. The molecule has 2 atom stereocenters. The number of piperidine rings is 1. The molecule has 0 bridgehead atoms. The van der Waals surface area contributed by atoms with Crippen molar-refractivity contribution in [2.24, 2.45) is 0 Å². The second-order valence-electron chi connectivity index (χ2n) is 5.45. The van der Waals surface area contributed by atoms with E-state index in [4.69, 9.17) is 0 Å². The van der Waals surface area contributed by atoms with E-state index in [1.54, 1.807) is 11.3 Å². The van der Waals surface area contributed by atoms with Gasteiger partial charge in [-0.3, -0.25) is 4.90 Å². The van der Waals surface area contributed by atoms with Gasteiger partial charge in [0.25, 0.3) is 0 Å². The number of hydrogen-bond acceptors (Lipinski definition) is 4. The first-order chi connectivity index (χ1) is 8.70. The minimum Gasteiger partial charge on any atom is -0.311 e. The second kappa shape index (κ2) is 6.64. The van der Waals surface area contributed by atoms with Crippen LogP contribution in [0.1, 0.15) is 51.1 Å². The third kappa shape index (κ3) is 3.53. The van der Waals surface area contributed by atoms with Crippen LogP contribution in [-0.2, 0) is 0 Å². The molecule has 2 heterocycles. The van der Waals surface area contributed by atoms with Crippen molar-refractivity contribution in [2.45, 2.75) is 58.2 Å². The van der Waals surface area contributed by atoms with E-state index in [0.717, 1.165) is 13.0 Å². The van der Waals surface area contributed by atoms with Crippen LogP contribution in [0.4, 0.5) is 0 Å². The second-order valence-corrected chi connectivity index (χ2v) is 6.38. The molecule has 1 aliphatic rings. The van der Waals surface area contributed by atoms with Crippen LogP contribution < -0.4 is 5.32 Å². The van der Waals surface area contributed by atoms with Crippen LogP contribution in [-0.4, -0.2) is 35.1 Å². The summed E-state index contributed by atoms with van der Waals surface area (Å²) in [6.45, 7) is 9.12. The van der Waals surface area contributed by atoms with Crippen molar-refractivity contribution in [1.82, 2.24) is 15.2 Å². The molecule has 1 fully saturated rings. The molecule has 0 spiro atoms. The number of thiazole rings is 1. The Bertz CT molecular complexity index is 337. The molecule has 1 aliphatic heterocycles. The Morgan fingerprint density at radius 1 is 1.56 bits per heavy atom. The molecule has 1 aromatic rings. The summed E-state index contributed by atoms with van der Waals surface area (Å²) >= 11 is 1.79. The van der Waals surface area contributed by atoms with Crippen LogP contribution in [0.5, 0.6) is 0 Å². The Morgan fingerprint density at radius 3 is 3.00 bits per heavy atom. The summed E-state index contributed by atoms with van der Waals surface area (Å²) in [7, 11) is 0. The molecular formula is C14H25N3S. The van der Waals surface area contributed by atoms with Gasteiger partial charge in [-0.15, -0.1) is 11.3 Å². The Kier molecular flexibility index (Phi) is 5.15. The Balaban J connectivity index is 1.98. The molecule has 4 heteroatoms. The predicted molar refractivity (Wildman–Crippen MR) is 78.0 cm³/mol. The van der Waals surface area contributed by atoms with Crippen molar-refractivity contribution in [3.05, 3.63) is 16.6 Å². The summed E-state index contributed by atoms with van der Waals surface area (Å²) in [5.41, 5.74) is 0. The van der Waals surface area contributed by atoms with Gasteiger partial charge in [0.2, 0.25) is 0 Å². The lowest BCUT2D eigenvalue weighted by Crippen LogP contribution is -2.48. The standard InChI is InChI=1S/C14H25N3S/c1-4-13(14-15-7-9-18-14)17-8-5-6-12(10-17)16-11(2)3/h7,9,11-13,16H,4-6,8,10H2,1-3H3. The van der Waals surface area contributed by atoms with Gasteiger partial charge >= 0.3 is 0 Å². The number of likely N-dealkylation sites (tertiary alicyclic amines) is 1. The van der Waals surface area contributed by atoms with Crippen LogP contribution in [0.25, 0.3) is 0 Å². The van der Waals surface area contributed by atoms with E-state index in [-0.39, 0.29) is 0 Å². The highest BCUT2D eigenvalue weighted by Crippen LogP contribution is 2.28. The van der Waals surface area contributed by atoms with E-state index in [2.05, 4.69) is 41.4 Å². The van der Waals surface area contributed by atoms with E-state index in [1.807, 2.05) is 6.20 Å². The fourth-order valence-electron chi connectivity index (χ4n) is 2.88. The van der Waals surface area contributed by atoms with Gasteiger partial charge in [0, 0.05) is 30.2 Å². The maximum absolute atomic E-state index is 4.51. The number of rotatable bonds is 5. The molecule has 0 aromatic carbocycles. The summed E-state index contributed by atoms with van der Waals surface area (Å²) in [5, 5.41) is 7.05. The molecule has 0 radical (unpaired) electrons. The minimum absolute atomic E-state index is 0.516. The van der Waals surface area contributed by atoms with Crippen LogP contribution >= 0.6 is 11.3 Å². The number of nitrogens with zero attached hydrogens (tertiary/aromatic N) is 2. The summed E-state index contributed by atoms with van der Waals surface area (Å²) in [6, 6.07) is 1.74. The highest BCUT2D eigenvalue weighted by Gasteiger charge is 2.27. The normalized spacial score (nSPS) is 23.4. The highest BCUT2D eigenvalue weighted by molar-refractivity contribution is 7.09. The molecule has 102 valence electrons. The average Bonchev–Trinajstić information content (AvgIpc) is 2.83. The Morgan fingerprint density at radius 2 is 2.39 bits per heavy atom. The van der Waals surface area contributed by atoms with Crippen molar-refractivity contribution in [1.29, 1.82) is 0 Å². The van der Waals surface area contributed by atoms with Crippen molar-refractivity contribution in [3.63, 3.8) is 0 Å². The van der Waals surface area contributed by atoms with Gasteiger partial charge in [-0.05, 0) is 25.8 Å². The molecule has 18 heavy (non-hydrogen) atoms. The Labute approximate surface area is 115 Å². The molecule has 0 aliphatic carbocycles. The first kappa shape index (κ1) is 14.0. The van der Waals surface area contributed by atoms with Gasteiger partial charge < -0.3 is 5.32 Å². The molecule has 2 rings (SSSR count). The van der Waals surface area contributed by atoms with E-state index in [9.17, 15) is 0 Å². The largest absolute Gasteiger partial charge is 0.311 e. The SMILES string of the molecule is CCC(c1nccs1)N1CCCC(NC(C)C)C1. The van der Waals surface area contributed by atoms with Crippen molar-refractivity contribution in [2.75, 3.05) is 13.1 Å². The maximum Gasteiger partial charge on any atom is 0.110 e. The van der Waals surface area contributed by atoms with Gasteiger partial charge in [0.15, 0.2) is 0 Å². The summed E-state index contributed by atoms with van der Waals surface area (Å²) in [4.78, 5) is 7.12. The molecule has 0 saturated carbocycles. The smallest absolute Gasteiger partial charge is 0.110 e. The third-order valence-electron chi connectivity index (χ3n) is 3.59. The van der Waals surface area contributed by atoms with Crippen molar-refractivity contribution in [3.8, 4) is 0 Å². The van der Waals surface area contributed by atoms with Crippen molar-refractivity contribution < 1.29 is 0 Å². The Hall–Kier alpha value is -0.450. The van der Waals surface area contributed by atoms with Crippen LogP contribution in [0.15, 0.2) is 11.6 Å². The van der Waals surface area contributed by atoms with Gasteiger partial charge in [-0.25, -0.2) is 4.98 Å². The van der Waals surface area contributed by atoms with E-state index < -0.39 is 0 Å². The van der Waals surface area contributed by atoms with Crippen LogP contribution in [0.2, 0.25) is 0 Å². The maximum atomic E-state index is 4.51. The summed E-state index contributed by atoms with van der Waals surface area (Å²) in [6.07, 6.45) is 5.69. The third-order valence-corrected chi connectivity index (χ3v) is 4.46. The topological polar surface area (TPSA) is 28.2 Å². The lowest BCUT2D eigenvalue weighted by molar-refractivity contribution is 0.130. The fourth-order valence-corrected chi connectivity index (χ4v) is 3.74. The quantitative estimate of drug-likeness (QED) is 0.888. The molecule has 1 aromatic heterocycles. The van der Waals surface area contributed by atoms with Gasteiger partial charge in [0.1, 0.15) is 5.01 Å². The zero-order valence-electron chi connectivity index (χ0n) is 11.7. The first-order valence-corrected chi connectivity index (χ1v) is 7.98. The van der Waals surface area contributed by atoms with E-state index in [0.29, 0.717) is 18.1 Å².